The molecule has 2 rings (SSSR count). The molecule has 1 aromatic carbocycles. The monoisotopic (exact) mass is 358 g/mol. The van der Waals surface area contributed by atoms with Crippen LogP contribution in [0.25, 0.3) is 0 Å². The number of amides is 1. The van der Waals surface area contributed by atoms with E-state index in [1.54, 1.807) is 13.2 Å². The van der Waals surface area contributed by atoms with Crippen LogP contribution in [0.5, 0.6) is 0 Å². The molecule has 0 bridgehead atoms. The second kappa shape index (κ2) is 9.01. The van der Waals surface area contributed by atoms with Crippen molar-refractivity contribution in [3.63, 3.8) is 0 Å². The first kappa shape index (κ1) is 20.2. The van der Waals surface area contributed by atoms with Gasteiger partial charge in [-0.3, -0.25) is 9.69 Å². The molecular weight excluding hydrogens is 328 g/mol. The molecule has 1 aromatic heterocycles. The van der Waals surface area contributed by atoms with Gasteiger partial charge in [-0.15, -0.1) is 0 Å². The van der Waals surface area contributed by atoms with E-state index in [4.69, 9.17) is 9.15 Å². The summed E-state index contributed by atoms with van der Waals surface area (Å²) in [5.74, 6) is 0.901. The summed E-state index contributed by atoms with van der Waals surface area (Å²) in [6.07, 6.45) is 0. The quantitative estimate of drug-likeness (QED) is 0.730. The smallest absolute Gasteiger partial charge is 0.287 e. The van der Waals surface area contributed by atoms with Crippen LogP contribution in [0.3, 0.4) is 0 Å². The Balaban J connectivity index is 2.04. The molecule has 5 nitrogen and oxygen atoms in total. The number of hydrogen-bond acceptors (Lipinski definition) is 4. The lowest BCUT2D eigenvalue weighted by molar-refractivity contribution is 0.0891. The zero-order chi connectivity index (χ0) is 19.2. The molecule has 1 N–H and O–H groups in total. The third kappa shape index (κ3) is 6.00. The molecule has 5 heteroatoms. The van der Waals surface area contributed by atoms with Crippen molar-refractivity contribution in [3.8, 4) is 0 Å². The molecule has 0 aliphatic rings. The van der Waals surface area contributed by atoms with Crippen LogP contribution in [0.2, 0.25) is 0 Å². The van der Waals surface area contributed by atoms with Crippen LogP contribution in [0.1, 0.15) is 48.2 Å². The maximum atomic E-state index is 12.1. The van der Waals surface area contributed by atoms with Gasteiger partial charge in [-0.2, -0.15) is 0 Å². The summed E-state index contributed by atoms with van der Waals surface area (Å²) in [6, 6.07) is 12.2. The minimum Gasteiger partial charge on any atom is -0.455 e. The molecule has 0 fully saturated rings. The molecule has 0 aliphatic heterocycles. The highest BCUT2D eigenvalue weighted by Crippen LogP contribution is 2.22. The van der Waals surface area contributed by atoms with Crippen molar-refractivity contribution < 1.29 is 13.9 Å². The fraction of sp³-hybridized carbons (Fsp3) is 0.476. The minimum absolute atomic E-state index is 0.0292. The van der Waals surface area contributed by atoms with Crippen LogP contribution in [-0.2, 0) is 17.8 Å². The van der Waals surface area contributed by atoms with Gasteiger partial charge in [0.25, 0.3) is 5.91 Å². The fourth-order valence-electron chi connectivity index (χ4n) is 2.57. The minimum atomic E-state index is -0.214. The predicted molar refractivity (Wildman–Crippen MR) is 103 cm³/mol. The number of methoxy groups -OCH3 is 1. The van der Waals surface area contributed by atoms with E-state index in [0.29, 0.717) is 25.5 Å². The second-order valence-electron chi connectivity index (χ2n) is 7.53. The molecule has 0 saturated carbocycles. The number of nitrogens with zero attached hydrogens (tertiary/aromatic N) is 1. The second-order valence-corrected chi connectivity index (χ2v) is 7.53. The van der Waals surface area contributed by atoms with Gasteiger partial charge < -0.3 is 14.5 Å². The van der Waals surface area contributed by atoms with E-state index < -0.39 is 0 Å². The van der Waals surface area contributed by atoms with Gasteiger partial charge in [0.15, 0.2) is 5.76 Å². The van der Waals surface area contributed by atoms with Crippen molar-refractivity contribution in [2.45, 2.75) is 46.3 Å². The molecule has 0 aliphatic carbocycles. The summed E-state index contributed by atoms with van der Waals surface area (Å²) in [4.78, 5) is 14.4. The average Bonchev–Trinajstić information content (AvgIpc) is 3.04. The summed E-state index contributed by atoms with van der Waals surface area (Å²) in [6.45, 7) is 11.0. The van der Waals surface area contributed by atoms with Crippen molar-refractivity contribution >= 4 is 5.91 Å². The van der Waals surface area contributed by atoms with Gasteiger partial charge in [0.1, 0.15) is 5.76 Å². The van der Waals surface area contributed by atoms with Crippen molar-refractivity contribution in [2.75, 3.05) is 20.3 Å². The molecule has 0 unspecified atom stereocenters. The van der Waals surface area contributed by atoms with Crippen molar-refractivity contribution in [2.24, 2.45) is 0 Å². The van der Waals surface area contributed by atoms with Crippen LogP contribution >= 0.6 is 0 Å². The van der Waals surface area contributed by atoms with Crippen LogP contribution in [-0.4, -0.2) is 36.6 Å². The summed E-state index contributed by atoms with van der Waals surface area (Å²) in [5, 5.41) is 2.77. The number of aryl methyl sites for hydroxylation is 1. The summed E-state index contributed by atoms with van der Waals surface area (Å²) >= 11 is 0. The van der Waals surface area contributed by atoms with E-state index in [1.807, 2.05) is 6.07 Å². The van der Waals surface area contributed by atoms with Gasteiger partial charge in [0, 0.05) is 25.7 Å². The van der Waals surface area contributed by atoms with Crippen LogP contribution in [0.4, 0.5) is 0 Å². The lowest BCUT2D eigenvalue weighted by Gasteiger charge is -2.35. The number of carbonyl (C=O) groups excluding carboxylic acids is 1. The lowest BCUT2D eigenvalue weighted by atomic mass is 10.0. The fourth-order valence-corrected chi connectivity index (χ4v) is 2.57. The van der Waals surface area contributed by atoms with E-state index >= 15 is 0 Å². The van der Waals surface area contributed by atoms with Gasteiger partial charge in [-0.05, 0) is 45.4 Å². The molecule has 1 amide bonds. The summed E-state index contributed by atoms with van der Waals surface area (Å²) in [5.41, 5.74) is 2.49. The number of rotatable bonds is 8. The molecule has 0 radical (unpaired) electrons. The van der Waals surface area contributed by atoms with Gasteiger partial charge in [0.2, 0.25) is 0 Å². The van der Waals surface area contributed by atoms with Crippen LogP contribution in [0.15, 0.2) is 40.8 Å². The Bertz CT molecular complexity index is 699. The molecule has 2 aromatic rings. The van der Waals surface area contributed by atoms with E-state index in [9.17, 15) is 4.79 Å². The molecular formula is C21H30N2O3. The van der Waals surface area contributed by atoms with E-state index in [1.165, 1.54) is 11.1 Å². The van der Waals surface area contributed by atoms with Crippen molar-refractivity contribution in [1.82, 2.24) is 10.2 Å². The Kier molecular flexibility index (Phi) is 7.00. The Morgan fingerprint density at radius 3 is 2.42 bits per heavy atom. The highest BCUT2D eigenvalue weighted by atomic mass is 16.5. The maximum absolute atomic E-state index is 12.1. The predicted octanol–water partition coefficient (Wildman–Crippen LogP) is 3.76. The molecule has 1 heterocycles. The zero-order valence-electron chi connectivity index (χ0n) is 16.5. The molecule has 0 atom stereocenters. The molecule has 142 valence electrons. The Labute approximate surface area is 156 Å². The first-order valence-electron chi connectivity index (χ1n) is 8.96. The van der Waals surface area contributed by atoms with Gasteiger partial charge in [0.05, 0.1) is 13.2 Å². The average molecular weight is 358 g/mol. The van der Waals surface area contributed by atoms with Gasteiger partial charge >= 0.3 is 0 Å². The van der Waals surface area contributed by atoms with Crippen LogP contribution in [0, 0.1) is 6.92 Å². The third-order valence-corrected chi connectivity index (χ3v) is 4.27. The number of furan rings is 1. The van der Waals surface area contributed by atoms with Gasteiger partial charge in [-0.1, -0.05) is 29.8 Å². The standard InChI is InChI=1S/C21H30N2O3/c1-16-6-8-17(9-7-16)14-23(21(2,3)4)15-18-10-11-19(26-18)20(24)22-12-13-25-5/h6-11H,12-15H2,1-5H3,(H,22,24). The lowest BCUT2D eigenvalue weighted by Crippen LogP contribution is -2.40. The largest absolute Gasteiger partial charge is 0.455 e. The highest BCUT2D eigenvalue weighted by molar-refractivity contribution is 5.91. The number of hydrogen-bond donors (Lipinski definition) is 1. The summed E-state index contributed by atoms with van der Waals surface area (Å²) in [7, 11) is 1.60. The SMILES string of the molecule is COCCNC(=O)c1ccc(CN(Cc2ccc(C)cc2)C(C)(C)C)o1. The number of nitrogens with one attached hydrogen (secondary N) is 1. The molecule has 26 heavy (non-hydrogen) atoms. The van der Waals surface area contributed by atoms with Crippen molar-refractivity contribution in [1.29, 1.82) is 0 Å². The molecule has 0 saturated heterocycles. The third-order valence-electron chi connectivity index (χ3n) is 4.27. The van der Waals surface area contributed by atoms with Crippen LogP contribution < -0.4 is 5.32 Å². The summed E-state index contributed by atoms with van der Waals surface area (Å²) < 4.78 is 10.7. The Morgan fingerprint density at radius 2 is 1.81 bits per heavy atom. The molecule has 0 spiro atoms. The zero-order valence-corrected chi connectivity index (χ0v) is 16.5. The number of benzene rings is 1. The van der Waals surface area contributed by atoms with E-state index in [0.717, 1.165) is 12.3 Å². The van der Waals surface area contributed by atoms with Gasteiger partial charge in [-0.25, -0.2) is 0 Å². The van der Waals surface area contributed by atoms with E-state index in [2.05, 4.69) is 62.2 Å². The number of ether oxygens (including phenoxy) is 1. The maximum Gasteiger partial charge on any atom is 0.287 e. The van der Waals surface area contributed by atoms with Crippen molar-refractivity contribution in [3.05, 3.63) is 59.0 Å². The normalized spacial score (nSPS) is 11.8. The first-order valence-corrected chi connectivity index (χ1v) is 8.96. The Morgan fingerprint density at radius 1 is 1.12 bits per heavy atom. The topological polar surface area (TPSA) is 54.7 Å². The number of carbonyl (C=O) groups is 1. The highest BCUT2D eigenvalue weighted by Gasteiger charge is 2.23. The van der Waals surface area contributed by atoms with E-state index in [-0.39, 0.29) is 11.4 Å². The first-order chi connectivity index (χ1) is 12.3. The Hall–Kier alpha value is -2.11.